The molecule has 0 aliphatic rings. The summed E-state index contributed by atoms with van der Waals surface area (Å²) in [6.07, 6.45) is 0.665. The summed E-state index contributed by atoms with van der Waals surface area (Å²) in [5.41, 5.74) is 4.27. The molecule has 0 fully saturated rings. The molecule has 2 heterocycles. The smallest absolute Gasteiger partial charge is 0.261 e. The fraction of sp³-hybridized carbons (Fsp3) is 0.250. The molecule has 140 valence electrons. The number of pyridine rings is 1. The number of hydrogen-bond donors (Lipinski definition) is 2. The van der Waals surface area contributed by atoms with Gasteiger partial charge in [0.15, 0.2) is 0 Å². The molecular formula is C20H21ClN4O2. The van der Waals surface area contributed by atoms with Crippen molar-refractivity contribution in [2.24, 2.45) is 7.05 Å². The van der Waals surface area contributed by atoms with Crippen molar-refractivity contribution in [1.82, 2.24) is 20.1 Å². The molecule has 0 saturated heterocycles. The summed E-state index contributed by atoms with van der Waals surface area (Å²) < 4.78 is 1.83. The van der Waals surface area contributed by atoms with E-state index in [0.29, 0.717) is 23.7 Å². The van der Waals surface area contributed by atoms with Gasteiger partial charge in [-0.2, -0.15) is 5.10 Å². The van der Waals surface area contributed by atoms with Gasteiger partial charge in [0.1, 0.15) is 5.56 Å². The van der Waals surface area contributed by atoms with Crippen LogP contribution in [0.5, 0.6) is 0 Å². The molecule has 1 aromatic carbocycles. The predicted molar refractivity (Wildman–Crippen MR) is 106 cm³/mol. The van der Waals surface area contributed by atoms with Gasteiger partial charge in [-0.1, -0.05) is 23.7 Å². The number of hydrogen-bond acceptors (Lipinski definition) is 3. The van der Waals surface area contributed by atoms with Crippen molar-refractivity contribution < 1.29 is 4.79 Å². The third kappa shape index (κ3) is 4.11. The molecule has 3 aromatic rings. The maximum absolute atomic E-state index is 12.4. The molecule has 0 radical (unpaired) electrons. The standard InChI is InChI=1S/C20H21ClN4O2/c1-12-16(13(2)25(3)24-12)10-11-22-19(26)17-8-9-18(23-20(17)27)14-4-6-15(21)7-5-14/h4-9H,10-11H2,1-3H3,(H,22,26)(H,23,27). The summed E-state index contributed by atoms with van der Waals surface area (Å²) in [5, 5.41) is 7.79. The molecule has 1 amide bonds. The third-order valence-corrected chi connectivity index (χ3v) is 4.88. The van der Waals surface area contributed by atoms with Crippen LogP contribution >= 0.6 is 11.6 Å². The lowest BCUT2D eigenvalue weighted by Gasteiger charge is -2.07. The van der Waals surface area contributed by atoms with E-state index >= 15 is 0 Å². The van der Waals surface area contributed by atoms with Crippen molar-refractivity contribution in [3.05, 3.63) is 74.3 Å². The zero-order valence-electron chi connectivity index (χ0n) is 15.5. The first-order chi connectivity index (χ1) is 12.9. The van der Waals surface area contributed by atoms with Gasteiger partial charge < -0.3 is 10.3 Å². The average Bonchev–Trinajstić information content (AvgIpc) is 2.88. The van der Waals surface area contributed by atoms with Crippen molar-refractivity contribution in [3.8, 4) is 11.3 Å². The van der Waals surface area contributed by atoms with Crippen LogP contribution in [0, 0.1) is 13.8 Å². The van der Waals surface area contributed by atoms with E-state index in [-0.39, 0.29) is 5.56 Å². The number of nitrogens with one attached hydrogen (secondary N) is 2. The van der Waals surface area contributed by atoms with Crippen LogP contribution in [-0.2, 0) is 13.5 Å². The van der Waals surface area contributed by atoms with E-state index in [1.807, 2.05) is 37.7 Å². The Kier molecular flexibility index (Phi) is 5.46. The van der Waals surface area contributed by atoms with Crippen molar-refractivity contribution >= 4 is 17.5 Å². The van der Waals surface area contributed by atoms with Crippen molar-refractivity contribution in [3.63, 3.8) is 0 Å². The Bertz CT molecular complexity index is 1040. The molecule has 0 unspecified atom stereocenters. The molecule has 2 N–H and O–H groups in total. The van der Waals surface area contributed by atoms with Crippen LogP contribution in [-0.4, -0.2) is 27.2 Å². The first-order valence-corrected chi connectivity index (χ1v) is 9.01. The van der Waals surface area contributed by atoms with Crippen LogP contribution in [0.1, 0.15) is 27.3 Å². The van der Waals surface area contributed by atoms with Gasteiger partial charge in [-0.25, -0.2) is 0 Å². The van der Waals surface area contributed by atoms with Crippen LogP contribution in [0.3, 0.4) is 0 Å². The lowest BCUT2D eigenvalue weighted by atomic mass is 10.1. The summed E-state index contributed by atoms with van der Waals surface area (Å²) in [6.45, 7) is 4.38. The van der Waals surface area contributed by atoms with Gasteiger partial charge in [-0.15, -0.1) is 0 Å². The number of carbonyl (C=O) groups is 1. The minimum absolute atomic E-state index is 0.0901. The van der Waals surface area contributed by atoms with E-state index in [2.05, 4.69) is 15.4 Å². The van der Waals surface area contributed by atoms with E-state index in [9.17, 15) is 9.59 Å². The van der Waals surface area contributed by atoms with Crippen LogP contribution in [0.2, 0.25) is 5.02 Å². The molecule has 7 heteroatoms. The van der Waals surface area contributed by atoms with Crippen LogP contribution < -0.4 is 10.9 Å². The van der Waals surface area contributed by atoms with Gasteiger partial charge in [-0.3, -0.25) is 14.3 Å². The highest BCUT2D eigenvalue weighted by molar-refractivity contribution is 6.30. The van der Waals surface area contributed by atoms with E-state index in [1.165, 1.54) is 0 Å². The fourth-order valence-corrected chi connectivity index (χ4v) is 3.15. The lowest BCUT2D eigenvalue weighted by Crippen LogP contribution is -2.31. The highest BCUT2D eigenvalue weighted by atomic mass is 35.5. The second kappa shape index (κ2) is 7.80. The molecule has 0 saturated carbocycles. The fourth-order valence-electron chi connectivity index (χ4n) is 3.03. The highest BCUT2D eigenvalue weighted by Crippen LogP contribution is 2.18. The van der Waals surface area contributed by atoms with Gasteiger partial charge in [-0.05, 0) is 55.7 Å². The van der Waals surface area contributed by atoms with Gasteiger partial charge in [0.2, 0.25) is 0 Å². The number of aromatic amines is 1. The van der Waals surface area contributed by atoms with E-state index in [0.717, 1.165) is 22.5 Å². The normalized spacial score (nSPS) is 10.8. The highest BCUT2D eigenvalue weighted by Gasteiger charge is 2.13. The second-order valence-corrected chi connectivity index (χ2v) is 6.84. The largest absolute Gasteiger partial charge is 0.352 e. The zero-order chi connectivity index (χ0) is 19.6. The number of benzene rings is 1. The number of amides is 1. The quantitative estimate of drug-likeness (QED) is 0.709. The third-order valence-electron chi connectivity index (χ3n) is 4.63. The molecule has 0 aliphatic carbocycles. The van der Waals surface area contributed by atoms with Gasteiger partial charge in [0.25, 0.3) is 11.5 Å². The van der Waals surface area contributed by atoms with Gasteiger partial charge in [0, 0.05) is 30.0 Å². The van der Waals surface area contributed by atoms with Gasteiger partial charge in [0.05, 0.1) is 5.69 Å². The summed E-state index contributed by atoms with van der Waals surface area (Å²) in [7, 11) is 1.90. The SMILES string of the molecule is Cc1nn(C)c(C)c1CCNC(=O)c1ccc(-c2ccc(Cl)cc2)[nH]c1=O. The second-order valence-electron chi connectivity index (χ2n) is 6.40. The van der Waals surface area contributed by atoms with Crippen molar-refractivity contribution in [2.75, 3.05) is 6.54 Å². The summed E-state index contributed by atoms with van der Waals surface area (Å²) >= 11 is 5.88. The van der Waals surface area contributed by atoms with Gasteiger partial charge >= 0.3 is 0 Å². The van der Waals surface area contributed by atoms with Crippen molar-refractivity contribution in [2.45, 2.75) is 20.3 Å². The van der Waals surface area contributed by atoms with Crippen LogP contribution in [0.25, 0.3) is 11.3 Å². The number of halogens is 1. The number of aromatic nitrogens is 3. The van der Waals surface area contributed by atoms with E-state index < -0.39 is 11.5 Å². The Morgan fingerprint density at radius 1 is 1.19 bits per heavy atom. The Hall–Kier alpha value is -2.86. The molecule has 0 atom stereocenters. The Labute approximate surface area is 162 Å². The Morgan fingerprint density at radius 2 is 1.89 bits per heavy atom. The van der Waals surface area contributed by atoms with E-state index in [4.69, 9.17) is 11.6 Å². The monoisotopic (exact) mass is 384 g/mol. The van der Waals surface area contributed by atoms with Crippen molar-refractivity contribution in [1.29, 1.82) is 0 Å². The lowest BCUT2D eigenvalue weighted by molar-refractivity contribution is 0.0952. The summed E-state index contributed by atoms with van der Waals surface area (Å²) in [4.78, 5) is 27.4. The summed E-state index contributed by atoms with van der Waals surface area (Å²) in [5.74, 6) is -0.391. The number of carbonyl (C=O) groups excluding carboxylic acids is 1. The Morgan fingerprint density at radius 3 is 2.48 bits per heavy atom. The molecule has 2 aromatic heterocycles. The summed E-state index contributed by atoms with van der Waals surface area (Å²) in [6, 6.07) is 10.4. The minimum Gasteiger partial charge on any atom is -0.352 e. The first kappa shape index (κ1) is 18.9. The Balaban J connectivity index is 1.68. The number of rotatable bonds is 5. The average molecular weight is 385 g/mol. The number of aryl methyl sites for hydroxylation is 2. The molecule has 6 nitrogen and oxygen atoms in total. The maximum Gasteiger partial charge on any atom is 0.261 e. The minimum atomic E-state index is -0.423. The molecule has 27 heavy (non-hydrogen) atoms. The van der Waals surface area contributed by atoms with Crippen LogP contribution in [0.4, 0.5) is 0 Å². The molecular weight excluding hydrogens is 364 g/mol. The number of nitrogens with zero attached hydrogens (tertiary/aromatic N) is 2. The zero-order valence-corrected chi connectivity index (χ0v) is 16.2. The number of H-pyrrole nitrogens is 1. The topological polar surface area (TPSA) is 79.8 Å². The predicted octanol–water partition coefficient (Wildman–Crippen LogP) is 3.02. The van der Waals surface area contributed by atoms with E-state index in [1.54, 1.807) is 24.3 Å². The van der Waals surface area contributed by atoms with Crippen LogP contribution in [0.15, 0.2) is 41.2 Å². The molecule has 0 spiro atoms. The maximum atomic E-state index is 12.4. The first-order valence-electron chi connectivity index (χ1n) is 8.63. The molecule has 0 aliphatic heterocycles. The molecule has 0 bridgehead atoms. The molecule has 3 rings (SSSR count).